The smallest absolute Gasteiger partial charge is 0.213 e. The topological polar surface area (TPSA) is 67.0 Å². The number of nitrogens with two attached hydrogens (primary N) is 1. The summed E-state index contributed by atoms with van der Waals surface area (Å²) < 4.78 is 5.62. The van der Waals surface area contributed by atoms with Crippen LogP contribution in [0.4, 0.5) is 0 Å². The standard InChI is InChI=1S/C15H25N5O.HI/c1-19(2)8-9-21-14-10-12(6-7-17-14)11-18-15(16)20(3)13-4-5-13;/h6-7,10,13H,4-5,8-9,11H2,1-3H3,(H2,16,18);1H. The van der Waals surface area contributed by atoms with Crippen molar-refractivity contribution < 1.29 is 4.74 Å². The fraction of sp³-hybridized carbons (Fsp3) is 0.600. The number of halogens is 1. The van der Waals surface area contributed by atoms with Gasteiger partial charge in [-0.1, -0.05) is 0 Å². The maximum atomic E-state index is 5.98. The van der Waals surface area contributed by atoms with Crippen LogP contribution in [0.15, 0.2) is 23.3 Å². The first kappa shape index (κ1) is 19.0. The molecule has 6 nitrogen and oxygen atoms in total. The van der Waals surface area contributed by atoms with E-state index in [2.05, 4.69) is 19.8 Å². The highest BCUT2D eigenvalue weighted by molar-refractivity contribution is 14.0. The Morgan fingerprint density at radius 3 is 2.77 bits per heavy atom. The highest BCUT2D eigenvalue weighted by Gasteiger charge is 2.27. The van der Waals surface area contributed by atoms with Crippen molar-refractivity contribution in [1.29, 1.82) is 0 Å². The molecule has 1 aromatic heterocycles. The molecule has 1 heterocycles. The van der Waals surface area contributed by atoms with E-state index in [-0.39, 0.29) is 24.0 Å². The minimum atomic E-state index is 0. The molecule has 1 aromatic rings. The first-order valence-electron chi connectivity index (χ1n) is 7.31. The molecule has 0 aromatic carbocycles. The molecule has 1 aliphatic rings. The van der Waals surface area contributed by atoms with Gasteiger partial charge in [0, 0.05) is 31.9 Å². The summed E-state index contributed by atoms with van der Waals surface area (Å²) in [5, 5.41) is 0. The van der Waals surface area contributed by atoms with Gasteiger partial charge in [0.1, 0.15) is 6.61 Å². The predicted octanol–water partition coefficient (Wildman–Crippen LogP) is 1.55. The number of hydrogen-bond acceptors (Lipinski definition) is 4. The Morgan fingerprint density at radius 2 is 2.14 bits per heavy atom. The monoisotopic (exact) mass is 419 g/mol. The molecule has 0 atom stereocenters. The Hall–Kier alpha value is -1.09. The zero-order chi connectivity index (χ0) is 15.2. The number of guanidine groups is 1. The fourth-order valence-electron chi connectivity index (χ4n) is 1.89. The molecule has 2 N–H and O–H groups in total. The van der Waals surface area contributed by atoms with E-state index in [1.54, 1.807) is 6.20 Å². The molecule has 0 unspecified atom stereocenters. The lowest BCUT2D eigenvalue weighted by molar-refractivity contribution is 0.253. The van der Waals surface area contributed by atoms with E-state index in [1.165, 1.54) is 12.8 Å². The number of pyridine rings is 1. The van der Waals surface area contributed by atoms with Crippen LogP contribution in [-0.4, -0.2) is 61.1 Å². The molecule has 124 valence electrons. The van der Waals surface area contributed by atoms with Gasteiger partial charge in [0.2, 0.25) is 5.88 Å². The Labute approximate surface area is 149 Å². The second kappa shape index (κ2) is 9.14. The van der Waals surface area contributed by atoms with Crippen molar-refractivity contribution >= 4 is 29.9 Å². The van der Waals surface area contributed by atoms with Gasteiger partial charge in [0.15, 0.2) is 5.96 Å². The van der Waals surface area contributed by atoms with Crippen LogP contribution in [0.5, 0.6) is 5.88 Å². The number of nitrogens with zero attached hydrogens (tertiary/aromatic N) is 4. The van der Waals surface area contributed by atoms with Crippen molar-refractivity contribution in [2.24, 2.45) is 10.7 Å². The number of likely N-dealkylation sites (N-methyl/N-ethyl adjacent to an activating group) is 1. The van der Waals surface area contributed by atoms with E-state index in [4.69, 9.17) is 10.5 Å². The summed E-state index contributed by atoms with van der Waals surface area (Å²) in [6, 6.07) is 4.44. The zero-order valence-electron chi connectivity index (χ0n) is 13.5. The lowest BCUT2D eigenvalue weighted by Gasteiger charge is -2.16. The van der Waals surface area contributed by atoms with Crippen LogP contribution in [0.3, 0.4) is 0 Å². The minimum absolute atomic E-state index is 0. The molecular weight excluding hydrogens is 393 g/mol. The van der Waals surface area contributed by atoms with Gasteiger partial charge in [0.25, 0.3) is 0 Å². The molecule has 1 fully saturated rings. The summed E-state index contributed by atoms with van der Waals surface area (Å²) in [5.41, 5.74) is 7.03. The van der Waals surface area contributed by atoms with Crippen molar-refractivity contribution in [3.05, 3.63) is 23.9 Å². The minimum Gasteiger partial charge on any atom is -0.476 e. The molecule has 7 heteroatoms. The van der Waals surface area contributed by atoms with Crippen LogP contribution in [0.25, 0.3) is 0 Å². The second-order valence-electron chi connectivity index (χ2n) is 5.67. The van der Waals surface area contributed by atoms with Gasteiger partial charge < -0.3 is 20.3 Å². The normalized spacial score (nSPS) is 14.6. The molecule has 0 amide bonds. The third kappa shape index (κ3) is 6.35. The van der Waals surface area contributed by atoms with E-state index in [9.17, 15) is 0 Å². The first-order valence-corrected chi connectivity index (χ1v) is 7.31. The van der Waals surface area contributed by atoms with Crippen LogP contribution in [0, 0.1) is 0 Å². The van der Waals surface area contributed by atoms with Gasteiger partial charge in [-0.25, -0.2) is 9.98 Å². The van der Waals surface area contributed by atoms with Crippen LogP contribution in [0.1, 0.15) is 18.4 Å². The summed E-state index contributed by atoms with van der Waals surface area (Å²) in [5.74, 6) is 1.24. The van der Waals surface area contributed by atoms with Gasteiger partial charge in [0.05, 0.1) is 6.54 Å². The van der Waals surface area contributed by atoms with E-state index >= 15 is 0 Å². The van der Waals surface area contributed by atoms with Gasteiger partial charge >= 0.3 is 0 Å². The number of aliphatic imine (C=N–C) groups is 1. The Morgan fingerprint density at radius 1 is 1.41 bits per heavy atom. The summed E-state index contributed by atoms with van der Waals surface area (Å²) in [6.07, 6.45) is 4.17. The largest absolute Gasteiger partial charge is 0.476 e. The molecule has 1 aliphatic carbocycles. The predicted molar refractivity (Wildman–Crippen MR) is 99.8 cm³/mol. The lowest BCUT2D eigenvalue weighted by Crippen LogP contribution is -2.35. The SMILES string of the molecule is CN(C)CCOc1cc(CN=C(N)N(C)C2CC2)ccn1.I. The second-order valence-corrected chi connectivity index (χ2v) is 5.67. The van der Waals surface area contributed by atoms with Gasteiger partial charge in [-0.15, -0.1) is 24.0 Å². The molecule has 1 saturated carbocycles. The van der Waals surface area contributed by atoms with Crippen LogP contribution < -0.4 is 10.5 Å². The average molecular weight is 419 g/mol. The quantitative estimate of drug-likeness (QED) is 0.413. The molecule has 0 radical (unpaired) electrons. The van der Waals surface area contributed by atoms with Crippen molar-refractivity contribution in [2.75, 3.05) is 34.3 Å². The van der Waals surface area contributed by atoms with Crippen LogP contribution >= 0.6 is 24.0 Å². The molecule has 0 saturated heterocycles. The van der Waals surface area contributed by atoms with Crippen molar-refractivity contribution in [3.63, 3.8) is 0 Å². The van der Waals surface area contributed by atoms with Crippen molar-refractivity contribution in [1.82, 2.24) is 14.8 Å². The summed E-state index contributed by atoms with van der Waals surface area (Å²) in [4.78, 5) is 12.8. The highest BCUT2D eigenvalue weighted by atomic mass is 127. The number of aromatic nitrogens is 1. The van der Waals surface area contributed by atoms with Crippen LogP contribution in [-0.2, 0) is 6.54 Å². The lowest BCUT2D eigenvalue weighted by atomic mass is 10.3. The Balaban J connectivity index is 0.00000242. The van der Waals surface area contributed by atoms with Gasteiger partial charge in [-0.05, 0) is 38.6 Å². The summed E-state index contributed by atoms with van der Waals surface area (Å²) in [7, 11) is 6.03. The van der Waals surface area contributed by atoms with Gasteiger partial charge in [-0.3, -0.25) is 0 Å². The van der Waals surface area contributed by atoms with E-state index < -0.39 is 0 Å². The summed E-state index contributed by atoms with van der Waals surface area (Å²) in [6.45, 7) is 2.04. The molecule has 0 spiro atoms. The number of hydrogen-bond donors (Lipinski definition) is 1. The Bertz CT molecular complexity index is 491. The number of rotatable bonds is 7. The van der Waals surface area contributed by atoms with E-state index in [1.807, 2.05) is 33.3 Å². The number of ether oxygens (including phenoxy) is 1. The molecule has 2 rings (SSSR count). The molecule has 22 heavy (non-hydrogen) atoms. The molecular formula is C15H26IN5O. The molecule has 0 bridgehead atoms. The zero-order valence-corrected chi connectivity index (χ0v) is 15.9. The van der Waals surface area contributed by atoms with E-state index in [0.29, 0.717) is 31.0 Å². The first-order chi connectivity index (χ1) is 10.1. The van der Waals surface area contributed by atoms with Crippen molar-refractivity contribution in [3.8, 4) is 5.88 Å². The van der Waals surface area contributed by atoms with Crippen molar-refractivity contribution in [2.45, 2.75) is 25.4 Å². The third-order valence-corrected chi connectivity index (χ3v) is 3.47. The maximum absolute atomic E-state index is 5.98. The summed E-state index contributed by atoms with van der Waals surface area (Å²) >= 11 is 0. The molecule has 0 aliphatic heterocycles. The average Bonchev–Trinajstić information content (AvgIpc) is 3.28. The maximum Gasteiger partial charge on any atom is 0.213 e. The fourth-order valence-corrected chi connectivity index (χ4v) is 1.89. The van der Waals surface area contributed by atoms with Gasteiger partial charge in [-0.2, -0.15) is 0 Å². The highest BCUT2D eigenvalue weighted by Crippen LogP contribution is 2.24. The Kier molecular flexibility index (Phi) is 7.88. The van der Waals surface area contributed by atoms with Crippen LogP contribution in [0.2, 0.25) is 0 Å². The third-order valence-electron chi connectivity index (χ3n) is 3.47. The van der Waals surface area contributed by atoms with E-state index in [0.717, 1.165) is 12.1 Å².